The molecule has 2 aromatic carbocycles. The molecular formula is C29H22Cl3N3O5. The van der Waals surface area contributed by atoms with Crippen LogP contribution in [-0.2, 0) is 16.2 Å². The summed E-state index contributed by atoms with van der Waals surface area (Å²) in [6.07, 6.45) is 3.77. The van der Waals surface area contributed by atoms with E-state index in [2.05, 4.69) is 15.3 Å². The van der Waals surface area contributed by atoms with Crippen molar-refractivity contribution in [2.24, 2.45) is 5.16 Å². The van der Waals surface area contributed by atoms with E-state index in [0.717, 1.165) is 35.3 Å². The van der Waals surface area contributed by atoms with Crippen LogP contribution in [0.25, 0.3) is 11.3 Å². The molecule has 2 aromatic heterocycles. The van der Waals surface area contributed by atoms with Gasteiger partial charge in [-0.15, -0.1) is 0 Å². The average molecular weight is 599 g/mol. The van der Waals surface area contributed by atoms with Crippen molar-refractivity contribution in [3.05, 3.63) is 97.9 Å². The molecule has 0 radical (unpaired) electrons. The van der Waals surface area contributed by atoms with E-state index in [-0.39, 0.29) is 18.4 Å². The van der Waals surface area contributed by atoms with Crippen molar-refractivity contribution in [2.45, 2.75) is 37.9 Å². The van der Waals surface area contributed by atoms with Gasteiger partial charge in [0, 0.05) is 35.2 Å². The number of hydrogen-bond acceptors (Lipinski definition) is 8. The lowest BCUT2D eigenvalue weighted by atomic mass is 10.0. The topological polar surface area (TPSA) is 96.0 Å². The van der Waals surface area contributed by atoms with Crippen LogP contribution in [0.1, 0.15) is 64.2 Å². The molecule has 1 aliphatic carbocycles. The summed E-state index contributed by atoms with van der Waals surface area (Å²) in [5.41, 5.74) is 4.48. The highest BCUT2D eigenvalue weighted by Gasteiger charge is 2.34. The molecule has 8 nitrogen and oxygen atoms in total. The third-order valence-electron chi connectivity index (χ3n) is 6.83. The van der Waals surface area contributed by atoms with Gasteiger partial charge in [0.05, 0.1) is 33.5 Å². The number of ether oxygens (including phenoxy) is 2. The number of rotatable bonds is 8. The number of aromatic nitrogens is 2. The summed E-state index contributed by atoms with van der Waals surface area (Å²) < 4.78 is 16.6. The number of nitrogens with zero attached hydrogens (tertiary/aromatic N) is 3. The van der Waals surface area contributed by atoms with Gasteiger partial charge in [-0.2, -0.15) is 0 Å². The second kappa shape index (κ2) is 11.1. The molecule has 0 amide bonds. The molecule has 0 bridgehead atoms. The lowest BCUT2D eigenvalue weighted by molar-refractivity contribution is 0.0594. The first-order valence-corrected chi connectivity index (χ1v) is 13.7. The van der Waals surface area contributed by atoms with E-state index in [9.17, 15) is 4.79 Å². The van der Waals surface area contributed by atoms with Crippen LogP contribution in [0, 0.1) is 0 Å². The lowest BCUT2D eigenvalue weighted by Gasteiger charge is -2.13. The predicted octanol–water partition coefficient (Wildman–Crippen LogP) is 7.81. The van der Waals surface area contributed by atoms with Crippen LogP contribution in [0.2, 0.25) is 15.1 Å². The molecule has 4 aromatic rings. The van der Waals surface area contributed by atoms with Crippen LogP contribution < -0.4 is 4.74 Å². The van der Waals surface area contributed by atoms with Crippen molar-refractivity contribution in [1.29, 1.82) is 0 Å². The van der Waals surface area contributed by atoms with E-state index in [1.165, 1.54) is 7.11 Å². The summed E-state index contributed by atoms with van der Waals surface area (Å²) in [4.78, 5) is 21.5. The molecule has 6 rings (SSSR count). The fourth-order valence-electron chi connectivity index (χ4n) is 4.57. The van der Waals surface area contributed by atoms with E-state index >= 15 is 0 Å². The van der Waals surface area contributed by atoms with Gasteiger partial charge in [0.2, 0.25) is 0 Å². The molecule has 0 saturated heterocycles. The fraction of sp³-hybridized carbons (Fsp3) is 0.241. The van der Waals surface area contributed by atoms with E-state index in [0.29, 0.717) is 50.1 Å². The minimum Gasteiger partial charge on any atom is -0.489 e. The monoisotopic (exact) mass is 597 g/mol. The first kappa shape index (κ1) is 26.6. The van der Waals surface area contributed by atoms with Crippen LogP contribution >= 0.6 is 34.8 Å². The van der Waals surface area contributed by atoms with Gasteiger partial charge in [-0.05, 0) is 49.2 Å². The largest absolute Gasteiger partial charge is 0.489 e. The zero-order valence-electron chi connectivity index (χ0n) is 21.2. The number of carbonyl (C=O) groups is 1. The Balaban J connectivity index is 1.16. The maximum absolute atomic E-state index is 11.6. The molecule has 1 aliphatic heterocycles. The maximum Gasteiger partial charge on any atom is 0.356 e. The molecule has 3 heterocycles. The Bertz CT molecular complexity index is 1600. The van der Waals surface area contributed by atoms with Crippen LogP contribution in [0.3, 0.4) is 0 Å². The zero-order valence-corrected chi connectivity index (χ0v) is 23.5. The van der Waals surface area contributed by atoms with Crippen molar-refractivity contribution in [1.82, 2.24) is 10.1 Å². The fourth-order valence-corrected chi connectivity index (χ4v) is 5.44. The predicted molar refractivity (Wildman–Crippen MR) is 150 cm³/mol. The Morgan fingerprint density at radius 2 is 1.85 bits per heavy atom. The highest BCUT2D eigenvalue weighted by atomic mass is 35.5. The number of pyridine rings is 1. The van der Waals surface area contributed by atoms with Gasteiger partial charge >= 0.3 is 5.97 Å². The smallest absolute Gasteiger partial charge is 0.356 e. The zero-order chi connectivity index (χ0) is 27.8. The third-order valence-corrected chi connectivity index (χ3v) is 7.79. The SMILES string of the molecule is COC(=O)c1ccc(C2=NOC(c3ccc(OCc4c(-c5c(Cl)cccc5Cl)noc4C4CC4)cc3Cl)C2)cn1. The molecule has 1 fully saturated rings. The van der Waals surface area contributed by atoms with Crippen molar-refractivity contribution in [2.75, 3.05) is 7.11 Å². The first-order valence-electron chi connectivity index (χ1n) is 12.6. The standard InChI is InChI=1S/C29H22Cl3N3O5/c1-37-29(36)23-10-7-16(13-33-23)24-12-25(39-34-24)18-9-8-17(11-22(18)32)38-14-19-27(35-40-28(19)15-5-6-15)26-20(30)3-2-4-21(26)31/h2-4,7-11,13,15,25H,5-6,12,14H2,1H3. The van der Waals surface area contributed by atoms with E-state index in [1.807, 2.05) is 12.1 Å². The van der Waals surface area contributed by atoms with Gasteiger partial charge in [0.1, 0.15) is 29.5 Å². The second-order valence-corrected chi connectivity index (χ2v) is 10.7. The quantitative estimate of drug-likeness (QED) is 0.191. The van der Waals surface area contributed by atoms with Crippen molar-refractivity contribution in [3.63, 3.8) is 0 Å². The Morgan fingerprint density at radius 1 is 1.05 bits per heavy atom. The normalized spacial score (nSPS) is 16.4. The van der Waals surface area contributed by atoms with Crippen LogP contribution in [0.15, 0.2) is 64.4 Å². The molecule has 11 heteroatoms. The molecule has 204 valence electrons. The number of carbonyl (C=O) groups excluding carboxylic acids is 1. The molecule has 2 aliphatic rings. The molecule has 0 spiro atoms. The van der Waals surface area contributed by atoms with Crippen LogP contribution in [-0.4, -0.2) is 28.9 Å². The highest BCUT2D eigenvalue weighted by molar-refractivity contribution is 6.39. The number of oxime groups is 1. The Hall–Kier alpha value is -3.59. The lowest BCUT2D eigenvalue weighted by Crippen LogP contribution is -2.07. The summed E-state index contributed by atoms with van der Waals surface area (Å²) in [6, 6.07) is 14.1. The summed E-state index contributed by atoms with van der Waals surface area (Å²) in [6.45, 7) is 0.212. The van der Waals surface area contributed by atoms with Gasteiger partial charge < -0.3 is 18.8 Å². The highest BCUT2D eigenvalue weighted by Crippen LogP contribution is 2.46. The molecule has 1 atom stereocenters. The van der Waals surface area contributed by atoms with Crippen LogP contribution in [0.4, 0.5) is 0 Å². The van der Waals surface area contributed by atoms with Gasteiger partial charge in [-0.3, -0.25) is 0 Å². The summed E-state index contributed by atoms with van der Waals surface area (Å²) in [5.74, 6) is 1.19. The van der Waals surface area contributed by atoms with Crippen molar-refractivity contribution < 1.29 is 23.6 Å². The minimum atomic E-state index is -0.500. The maximum atomic E-state index is 11.6. The summed E-state index contributed by atoms with van der Waals surface area (Å²) >= 11 is 19.6. The van der Waals surface area contributed by atoms with Crippen LogP contribution in [0.5, 0.6) is 5.75 Å². The molecular weight excluding hydrogens is 577 g/mol. The second-order valence-electron chi connectivity index (χ2n) is 9.48. The Labute approximate surface area is 244 Å². The van der Waals surface area contributed by atoms with E-state index in [4.69, 9.17) is 53.6 Å². The number of halogens is 3. The number of methoxy groups -OCH3 is 1. The third kappa shape index (κ3) is 5.27. The molecule has 40 heavy (non-hydrogen) atoms. The molecule has 1 saturated carbocycles. The average Bonchev–Trinajstić information content (AvgIpc) is 3.54. The minimum absolute atomic E-state index is 0.212. The van der Waals surface area contributed by atoms with Gasteiger partial charge in [0.15, 0.2) is 6.10 Å². The Kier molecular flexibility index (Phi) is 7.40. The number of benzene rings is 2. The molecule has 1 unspecified atom stereocenters. The summed E-state index contributed by atoms with van der Waals surface area (Å²) in [5, 5.41) is 9.99. The van der Waals surface area contributed by atoms with Gasteiger partial charge in [-0.1, -0.05) is 57.2 Å². The van der Waals surface area contributed by atoms with Gasteiger partial charge in [-0.25, -0.2) is 9.78 Å². The van der Waals surface area contributed by atoms with Gasteiger partial charge in [0.25, 0.3) is 0 Å². The van der Waals surface area contributed by atoms with E-state index < -0.39 is 5.97 Å². The number of esters is 1. The molecule has 0 N–H and O–H groups in total. The van der Waals surface area contributed by atoms with E-state index in [1.54, 1.807) is 42.6 Å². The number of hydrogen-bond donors (Lipinski definition) is 0. The van der Waals surface area contributed by atoms with Crippen molar-refractivity contribution in [3.8, 4) is 17.0 Å². The van der Waals surface area contributed by atoms with Crippen molar-refractivity contribution >= 4 is 46.5 Å². The summed E-state index contributed by atoms with van der Waals surface area (Å²) in [7, 11) is 1.31. The first-order chi connectivity index (χ1) is 19.4. The Morgan fingerprint density at radius 3 is 2.52 bits per heavy atom.